The molecule has 0 rings (SSSR count). The van der Waals surface area contributed by atoms with Crippen molar-refractivity contribution in [3.8, 4) is 0 Å². The van der Waals surface area contributed by atoms with Gasteiger partial charge in [0.1, 0.15) is 11.9 Å². The highest BCUT2D eigenvalue weighted by atomic mass is 32.2. The quantitative estimate of drug-likeness (QED) is 0.581. The number of thioether (sulfide) groups is 2. The standard InChI is InChI=1S/C12H22O3S2/c1-11(2,3)9(13)16-7-15-8-17-10(14)12(4,5)6/h7-8H2,1-6H3. The third-order valence-electron chi connectivity index (χ3n) is 1.77. The minimum absolute atomic E-state index is 0.102. The number of carbonyl (C=O) groups is 2. The van der Waals surface area contributed by atoms with Crippen LogP contribution in [-0.2, 0) is 14.3 Å². The van der Waals surface area contributed by atoms with Gasteiger partial charge in [-0.05, 0) is 0 Å². The van der Waals surface area contributed by atoms with Crippen molar-refractivity contribution < 1.29 is 14.3 Å². The van der Waals surface area contributed by atoms with E-state index in [0.29, 0.717) is 11.9 Å². The number of hydrogen-bond acceptors (Lipinski definition) is 5. The molecule has 17 heavy (non-hydrogen) atoms. The molecule has 0 aromatic carbocycles. The number of rotatable bonds is 4. The Kier molecular flexibility index (Phi) is 6.81. The van der Waals surface area contributed by atoms with E-state index in [1.54, 1.807) is 0 Å². The van der Waals surface area contributed by atoms with E-state index in [2.05, 4.69) is 0 Å². The predicted molar refractivity (Wildman–Crippen MR) is 74.9 cm³/mol. The first-order chi connectivity index (χ1) is 7.55. The monoisotopic (exact) mass is 278 g/mol. The van der Waals surface area contributed by atoms with E-state index in [0.717, 1.165) is 23.5 Å². The normalized spacial score (nSPS) is 12.6. The SMILES string of the molecule is CC(C)(C)C(=O)SCOCSC(=O)C(C)(C)C. The first-order valence-electron chi connectivity index (χ1n) is 5.47. The van der Waals surface area contributed by atoms with Crippen molar-refractivity contribution in [3.05, 3.63) is 0 Å². The molecule has 0 atom stereocenters. The van der Waals surface area contributed by atoms with Gasteiger partial charge in [0.05, 0.1) is 0 Å². The summed E-state index contributed by atoms with van der Waals surface area (Å²) in [5.74, 6) is 0.612. The Morgan fingerprint density at radius 2 is 1.12 bits per heavy atom. The molecule has 0 spiro atoms. The fourth-order valence-electron chi connectivity index (χ4n) is 0.657. The van der Waals surface area contributed by atoms with Gasteiger partial charge >= 0.3 is 0 Å². The van der Waals surface area contributed by atoms with Gasteiger partial charge in [-0.1, -0.05) is 65.1 Å². The molecule has 0 heterocycles. The lowest BCUT2D eigenvalue weighted by atomic mass is 9.99. The smallest absolute Gasteiger partial charge is 0.196 e. The van der Waals surface area contributed by atoms with Gasteiger partial charge in [0.2, 0.25) is 0 Å². The number of ether oxygens (including phenoxy) is 1. The molecule has 0 aliphatic heterocycles. The summed E-state index contributed by atoms with van der Waals surface area (Å²) in [6.07, 6.45) is 0. The topological polar surface area (TPSA) is 43.4 Å². The molecule has 0 bridgehead atoms. The number of hydrogen-bond donors (Lipinski definition) is 0. The Hall–Kier alpha value is -0.0000000000000000555. The minimum atomic E-state index is -0.345. The second-order valence-corrected chi connectivity index (χ2v) is 7.59. The van der Waals surface area contributed by atoms with E-state index in [4.69, 9.17) is 4.74 Å². The largest absolute Gasteiger partial charge is 0.359 e. The van der Waals surface area contributed by atoms with Crippen LogP contribution in [0.15, 0.2) is 0 Å². The third kappa shape index (κ3) is 7.84. The van der Waals surface area contributed by atoms with Crippen molar-refractivity contribution in [3.63, 3.8) is 0 Å². The Labute approximate surface area is 112 Å². The lowest BCUT2D eigenvalue weighted by Crippen LogP contribution is -2.18. The van der Waals surface area contributed by atoms with E-state index >= 15 is 0 Å². The van der Waals surface area contributed by atoms with Crippen molar-refractivity contribution in [1.29, 1.82) is 0 Å². The molecule has 3 nitrogen and oxygen atoms in total. The van der Waals surface area contributed by atoms with Gasteiger partial charge in [-0.2, -0.15) is 0 Å². The number of carbonyl (C=O) groups excluding carboxylic acids is 2. The molecule has 0 aliphatic rings. The van der Waals surface area contributed by atoms with Crippen LogP contribution in [0.4, 0.5) is 0 Å². The lowest BCUT2D eigenvalue weighted by Gasteiger charge is -2.16. The van der Waals surface area contributed by atoms with E-state index in [1.807, 2.05) is 41.5 Å². The van der Waals surface area contributed by atoms with Crippen LogP contribution in [0, 0.1) is 10.8 Å². The molecule has 0 N–H and O–H groups in total. The summed E-state index contributed by atoms with van der Waals surface area (Å²) < 4.78 is 5.25. The molecule has 0 radical (unpaired) electrons. The summed E-state index contributed by atoms with van der Waals surface area (Å²) in [6.45, 7) is 11.3. The first kappa shape index (κ1) is 17.0. The highest BCUT2D eigenvalue weighted by Crippen LogP contribution is 2.25. The van der Waals surface area contributed by atoms with E-state index in [-0.39, 0.29) is 21.1 Å². The van der Waals surface area contributed by atoms with Crippen molar-refractivity contribution >= 4 is 33.8 Å². The first-order valence-corrected chi connectivity index (χ1v) is 7.44. The molecule has 0 amide bonds. The molecule has 0 saturated carbocycles. The van der Waals surface area contributed by atoms with Crippen LogP contribution < -0.4 is 0 Å². The fourth-order valence-corrected chi connectivity index (χ4v) is 2.18. The molecule has 0 unspecified atom stereocenters. The summed E-state index contributed by atoms with van der Waals surface area (Å²) in [7, 11) is 0. The maximum atomic E-state index is 11.5. The average molecular weight is 278 g/mol. The zero-order chi connectivity index (χ0) is 13.7. The molecule has 0 aromatic heterocycles. The molecular formula is C12H22O3S2. The second-order valence-electron chi connectivity index (χ2n) is 5.80. The van der Waals surface area contributed by atoms with Crippen LogP contribution in [0.1, 0.15) is 41.5 Å². The van der Waals surface area contributed by atoms with Gasteiger partial charge in [-0.3, -0.25) is 9.59 Å². The zero-order valence-electron chi connectivity index (χ0n) is 11.5. The third-order valence-corrected chi connectivity index (χ3v) is 4.09. The van der Waals surface area contributed by atoms with E-state index in [1.165, 1.54) is 0 Å². The molecule has 100 valence electrons. The average Bonchev–Trinajstić information content (AvgIpc) is 2.13. The van der Waals surface area contributed by atoms with Gasteiger partial charge in [-0.25, -0.2) is 0 Å². The lowest BCUT2D eigenvalue weighted by molar-refractivity contribution is -0.118. The highest BCUT2D eigenvalue weighted by molar-refractivity contribution is 8.14. The van der Waals surface area contributed by atoms with Crippen molar-refractivity contribution in [2.24, 2.45) is 10.8 Å². The van der Waals surface area contributed by atoms with Gasteiger partial charge in [0.15, 0.2) is 10.2 Å². The van der Waals surface area contributed by atoms with Crippen molar-refractivity contribution in [2.45, 2.75) is 41.5 Å². The summed E-state index contributed by atoms with van der Waals surface area (Å²) in [4.78, 5) is 23.1. The predicted octanol–water partition coefficient (Wildman–Crippen LogP) is 3.53. The second kappa shape index (κ2) is 6.81. The molecule has 0 fully saturated rings. The minimum Gasteiger partial charge on any atom is -0.359 e. The van der Waals surface area contributed by atoms with Gasteiger partial charge < -0.3 is 4.74 Å². The van der Waals surface area contributed by atoms with Crippen molar-refractivity contribution in [1.82, 2.24) is 0 Å². The molecule has 0 saturated heterocycles. The van der Waals surface area contributed by atoms with E-state index in [9.17, 15) is 9.59 Å². The maximum Gasteiger partial charge on any atom is 0.196 e. The Morgan fingerprint density at radius 1 is 0.824 bits per heavy atom. The highest BCUT2D eigenvalue weighted by Gasteiger charge is 2.23. The van der Waals surface area contributed by atoms with Crippen LogP contribution in [0.25, 0.3) is 0 Å². The summed E-state index contributed by atoms with van der Waals surface area (Å²) in [5.41, 5.74) is -0.690. The van der Waals surface area contributed by atoms with Crippen LogP contribution in [0.3, 0.4) is 0 Å². The van der Waals surface area contributed by atoms with Gasteiger partial charge in [0.25, 0.3) is 0 Å². The fraction of sp³-hybridized carbons (Fsp3) is 0.833. The summed E-state index contributed by atoms with van der Waals surface area (Å²) in [5, 5.41) is 0.203. The Balaban J connectivity index is 3.68. The zero-order valence-corrected chi connectivity index (χ0v) is 13.1. The van der Waals surface area contributed by atoms with Crippen LogP contribution >= 0.6 is 23.5 Å². The Bertz CT molecular complexity index is 246. The molecule has 0 aliphatic carbocycles. The van der Waals surface area contributed by atoms with E-state index < -0.39 is 0 Å². The molecule has 5 heteroatoms. The summed E-state index contributed by atoms with van der Waals surface area (Å²) >= 11 is 2.31. The Morgan fingerprint density at radius 3 is 1.35 bits per heavy atom. The van der Waals surface area contributed by atoms with Gasteiger partial charge in [0, 0.05) is 10.8 Å². The molecular weight excluding hydrogens is 256 g/mol. The van der Waals surface area contributed by atoms with Crippen LogP contribution in [0.2, 0.25) is 0 Å². The van der Waals surface area contributed by atoms with Gasteiger partial charge in [-0.15, -0.1) is 0 Å². The van der Waals surface area contributed by atoms with Crippen LogP contribution in [0.5, 0.6) is 0 Å². The molecule has 0 aromatic rings. The van der Waals surface area contributed by atoms with Crippen LogP contribution in [-0.4, -0.2) is 22.1 Å². The summed E-state index contributed by atoms with van der Waals surface area (Å²) in [6, 6.07) is 0. The maximum absolute atomic E-state index is 11.5. The van der Waals surface area contributed by atoms with Crippen molar-refractivity contribution in [2.75, 3.05) is 11.9 Å².